The molecule has 35 heavy (non-hydrogen) atoms. The van der Waals surface area contributed by atoms with E-state index in [0.717, 1.165) is 25.8 Å². The van der Waals surface area contributed by atoms with Gasteiger partial charge in [0.25, 0.3) is 0 Å². The van der Waals surface area contributed by atoms with Crippen molar-refractivity contribution in [1.29, 1.82) is 0 Å². The average molecular weight is 574 g/mol. The molecule has 0 spiro atoms. The molecule has 4 rings (SSSR count). The highest BCUT2D eigenvalue weighted by Crippen LogP contribution is 2.42. The second-order valence-electron chi connectivity index (χ2n) is 8.50. The number of halogens is 1. The molecule has 176 valence electrons. The molecule has 0 aliphatic carbocycles. The Hall–Kier alpha value is -3.45. The quantitative estimate of drug-likeness (QED) is 0.212. The molecule has 0 radical (unpaired) electrons. The van der Waals surface area contributed by atoms with Gasteiger partial charge < -0.3 is 11.1 Å². The number of nitrogens with two attached hydrogens (primary N) is 1. The van der Waals surface area contributed by atoms with Crippen LogP contribution >= 0.6 is 22.6 Å². The molecule has 5 heteroatoms. The summed E-state index contributed by atoms with van der Waals surface area (Å²) in [6, 6.07) is 37.1. The number of rotatable bonds is 9. The van der Waals surface area contributed by atoms with E-state index in [-0.39, 0.29) is 12.3 Å². The molecule has 4 aromatic carbocycles. The Morgan fingerprint density at radius 2 is 1.14 bits per heavy atom. The third-order valence-electron chi connectivity index (χ3n) is 6.29. The summed E-state index contributed by atoms with van der Waals surface area (Å²) >= 11 is 2.23. The van der Waals surface area contributed by atoms with Gasteiger partial charge in [-0.2, -0.15) is 0 Å². The Labute approximate surface area is 219 Å². The molecule has 0 aromatic heterocycles. The first-order valence-corrected chi connectivity index (χ1v) is 12.6. The van der Waals surface area contributed by atoms with Gasteiger partial charge in [0.1, 0.15) is 6.04 Å². The van der Waals surface area contributed by atoms with Crippen molar-refractivity contribution >= 4 is 34.4 Å². The predicted octanol–water partition coefficient (Wildman–Crippen LogP) is 5.23. The van der Waals surface area contributed by atoms with Crippen LogP contribution in [0.5, 0.6) is 0 Å². The lowest BCUT2D eigenvalue weighted by Gasteiger charge is -2.36. The maximum absolute atomic E-state index is 13.6. The number of carbonyl (C=O) groups is 2. The Bertz CT molecular complexity index is 1180. The third kappa shape index (κ3) is 5.62. The normalized spacial score (nSPS) is 12.0. The van der Waals surface area contributed by atoms with Gasteiger partial charge in [-0.15, -0.1) is 0 Å². The van der Waals surface area contributed by atoms with E-state index in [1.807, 2.05) is 115 Å². The summed E-state index contributed by atoms with van der Waals surface area (Å²) in [6.45, 7) is 0. The Morgan fingerprint density at radius 1 is 0.714 bits per heavy atom. The molecule has 0 aliphatic rings. The minimum atomic E-state index is -0.807. The summed E-state index contributed by atoms with van der Waals surface area (Å²) in [7, 11) is 0. The van der Waals surface area contributed by atoms with E-state index in [2.05, 4.69) is 27.9 Å². The zero-order valence-corrected chi connectivity index (χ0v) is 21.4. The van der Waals surface area contributed by atoms with Crippen LogP contribution in [-0.4, -0.2) is 17.9 Å². The van der Waals surface area contributed by atoms with Crippen molar-refractivity contribution in [3.05, 3.63) is 141 Å². The van der Waals surface area contributed by atoms with Gasteiger partial charge in [0, 0.05) is 16.4 Å². The smallest absolute Gasteiger partial charge is 0.240 e. The van der Waals surface area contributed by atoms with Crippen molar-refractivity contribution in [3.63, 3.8) is 0 Å². The molecule has 2 amide bonds. The topological polar surface area (TPSA) is 72.2 Å². The lowest BCUT2D eigenvalue weighted by atomic mass is 9.67. The first-order valence-electron chi connectivity index (χ1n) is 11.5. The van der Waals surface area contributed by atoms with Crippen LogP contribution in [0.3, 0.4) is 0 Å². The van der Waals surface area contributed by atoms with Gasteiger partial charge in [-0.3, -0.25) is 9.59 Å². The van der Waals surface area contributed by atoms with Crippen LogP contribution in [0.1, 0.15) is 28.7 Å². The molecule has 3 N–H and O–H groups in total. The van der Waals surface area contributed by atoms with Gasteiger partial charge in [0.05, 0.1) is 5.41 Å². The van der Waals surface area contributed by atoms with Crippen molar-refractivity contribution in [2.24, 2.45) is 5.73 Å². The number of amides is 2. The fraction of sp³-hybridized carbons (Fsp3) is 0.133. The summed E-state index contributed by atoms with van der Waals surface area (Å²) < 4.78 is 1.03. The molecule has 0 heterocycles. The third-order valence-corrected chi connectivity index (χ3v) is 7.34. The van der Waals surface area contributed by atoms with E-state index in [1.54, 1.807) is 0 Å². The molecule has 0 aliphatic heterocycles. The maximum Gasteiger partial charge on any atom is 0.240 e. The molecular formula is C30H27IN2O2. The van der Waals surface area contributed by atoms with Gasteiger partial charge >= 0.3 is 0 Å². The van der Waals surface area contributed by atoms with Crippen molar-refractivity contribution in [3.8, 4) is 0 Å². The minimum Gasteiger partial charge on any atom is -0.368 e. The van der Waals surface area contributed by atoms with Crippen LogP contribution < -0.4 is 11.1 Å². The number of hydrogen-bond acceptors (Lipinski definition) is 2. The largest absolute Gasteiger partial charge is 0.368 e. The van der Waals surface area contributed by atoms with E-state index >= 15 is 0 Å². The number of primary amides is 1. The molecule has 0 fully saturated rings. The first-order chi connectivity index (χ1) is 17.0. The minimum absolute atomic E-state index is 0.126. The highest BCUT2D eigenvalue weighted by molar-refractivity contribution is 14.1. The monoisotopic (exact) mass is 574 g/mol. The number of carbonyl (C=O) groups excluding carboxylic acids is 2. The first kappa shape index (κ1) is 24.7. The Balaban J connectivity index is 1.74. The van der Waals surface area contributed by atoms with Crippen LogP contribution in [0.15, 0.2) is 115 Å². The van der Waals surface area contributed by atoms with Gasteiger partial charge in [0.2, 0.25) is 11.8 Å². The Morgan fingerprint density at radius 3 is 1.57 bits per heavy atom. The summed E-state index contributed by atoms with van der Waals surface area (Å²) in [6.07, 6.45) is 0.468. The van der Waals surface area contributed by atoms with E-state index in [0.29, 0.717) is 6.42 Å². The van der Waals surface area contributed by atoms with E-state index in [4.69, 9.17) is 5.73 Å². The molecule has 0 saturated carbocycles. The van der Waals surface area contributed by atoms with Crippen LogP contribution in [-0.2, 0) is 21.4 Å². The second-order valence-corrected chi connectivity index (χ2v) is 9.66. The molecule has 1 atom stereocenters. The van der Waals surface area contributed by atoms with Crippen molar-refractivity contribution in [1.82, 2.24) is 5.32 Å². The number of hydrogen-bond donors (Lipinski definition) is 2. The van der Waals surface area contributed by atoms with Crippen molar-refractivity contribution in [2.45, 2.75) is 24.3 Å². The summed E-state index contributed by atoms with van der Waals surface area (Å²) in [5.74, 6) is -0.793. The zero-order chi connectivity index (χ0) is 24.7. The highest BCUT2D eigenvalue weighted by atomic mass is 127. The standard InChI is InChI=1S/C30H27IN2O2/c31-26-19-11-10-12-22(26)20-27(29(32)35)33-28(34)21-30(23-13-4-1-5-14-23,24-15-6-2-7-16-24)25-17-8-3-9-18-25/h1-19,27H,20-21H2,(H2,32,35)(H,33,34)/t27-/m0/s1. The van der Waals surface area contributed by atoms with E-state index < -0.39 is 17.4 Å². The van der Waals surface area contributed by atoms with Gasteiger partial charge in [-0.1, -0.05) is 109 Å². The van der Waals surface area contributed by atoms with Crippen molar-refractivity contribution in [2.75, 3.05) is 0 Å². The average Bonchev–Trinajstić information content (AvgIpc) is 2.89. The Kier molecular flexibility index (Phi) is 7.98. The van der Waals surface area contributed by atoms with Gasteiger partial charge in [0.15, 0.2) is 0 Å². The predicted molar refractivity (Wildman–Crippen MR) is 148 cm³/mol. The fourth-order valence-electron chi connectivity index (χ4n) is 4.57. The maximum atomic E-state index is 13.6. The van der Waals surface area contributed by atoms with Crippen molar-refractivity contribution < 1.29 is 9.59 Å². The van der Waals surface area contributed by atoms with E-state index in [1.165, 1.54) is 0 Å². The van der Waals surface area contributed by atoms with Gasteiger partial charge in [-0.25, -0.2) is 0 Å². The summed E-state index contributed by atoms with van der Waals surface area (Å²) in [4.78, 5) is 26.0. The lowest BCUT2D eigenvalue weighted by molar-refractivity contribution is -0.127. The molecular weight excluding hydrogens is 547 g/mol. The SMILES string of the molecule is NC(=O)[C@H](Cc1ccccc1I)NC(=O)CC(c1ccccc1)(c1ccccc1)c1ccccc1. The molecule has 0 unspecified atom stereocenters. The fourth-order valence-corrected chi connectivity index (χ4v) is 5.17. The van der Waals surface area contributed by atoms with Crippen LogP contribution in [0.4, 0.5) is 0 Å². The van der Waals surface area contributed by atoms with Crippen LogP contribution in [0.25, 0.3) is 0 Å². The summed E-state index contributed by atoms with van der Waals surface area (Å²) in [5, 5.41) is 2.94. The number of nitrogens with one attached hydrogen (secondary N) is 1. The molecule has 0 saturated heterocycles. The molecule has 4 nitrogen and oxygen atoms in total. The lowest BCUT2D eigenvalue weighted by Crippen LogP contribution is -2.48. The molecule has 0 bridgehead atoms. The summed E-state index contributed by atoms with van der Waals surface area (Å²) in [5.41, 5.74) is 8.96. The van der Waals surface area contributed by atoms with Gasteiger partial charge in [-0.05, 0) is 50.9 Å². The van der Waals surface area contributed by atoms with Crippen LogP contribution in [0.2, 0.25) is 0 Å². The van der Waals surface area contributed by atoms with Crippen LogP contribution in [0, 0.1) is 3.57 Å². The second kappa shape index (κ2) is 11.3. The van der Waals surface area contributed by atoms with E-state index in [9.17, 15) is 9.59 Å². The number of benzene rings is 4. The molecule has 4 aromatic rings. The highest BCUT2D eigenvalue weighted by Gasteiger charge is 2.39. The zero-order valence-electron chi connectivity index (χ0n) is 19.2.